The molecular weight excluding hydrogens is 520 g/mol. The first-order chi connectivity index (χ1) is 18.3. The molecule has 0 bridgehead atoms. The zero-order valence-corrected chi connectivity index (χ0v) is 24.1. The SMILES string of the molecule is CC(C)(C)OC(=O)CN1CCC(n2nc(S(C)(=O)=O)c3cc(/C=C/C4CCN(CC(=O)O)CC4)ccc32)CC1. The molecule has 0 saturated carbocycles. The van der Waals surface area contributed by atoms with E-state index in [9.17, 15) is 18.0 Å². The van der Waals surface area contributed by atoms with Crippen LogP contribution in [0.25, 0.3) is 17.0 Å². The van der Waals surface area contributed by atoms with Gasteiger partial charge in [-0.1, -0.05) is 18.2 Å². The topological polar surface area (TPSA) is 122 Å². The van der Waals surface area contributed by atoms with Crippen LogP contribution in [0.4, 0.5) is 0 Å². The number of hydrogen-bond donors (Lipinski definition) is 1. The monoisotopic (exact) mass is 560 g/mol. The fourth-order valence-electron chi connectivity index (χ4n) is 5.41. The first-order valence-corrected chi connectivity index (χ1v) is 15.5. The normalized spacial score (nSPS) is 19.2. The van der Waals surface area contributed by atoms with Crippen LogP contribution in [0.5, 0.6) is 0 Å². The van der Waals surface area contributed by atoms with E-state index in [-0.39, 0.29) is 30.1 Å². The van der Waals surface area contributed by atoms with E-state index in [4.69, 9.17) is 9.84 Å². The van der Waals surface area contributed by atoms with Crippen molar-refractivity contribution in [3.8, 4) is 0 Å². The van der Waals surface area contributed by atoms with Crippen molar-refractivity contribution in [2.45, 2.75) is 63.1 Å². The predicted octanol–water partition coefficient (Wildman–Crippen LogP) is 3.23. The molecular formula is C28H40N4O6S. The zero-order valence-electron chi connectivity index (χ0n) is 23.3. The van der Waals surface area contributed by atoms with Gasteiger partial charge >= 0.3 is 11.9 Å². The van der Waals surface area contributed by atoms with Crippen molar-refractivity contribution in [1.82, 2.24) is 19.6 Å². The maximum Gasteiger partial charge on any atom is 0.320 e. The van der Waals surface area contributed by atoms with Crippen LogP contribution in [0.1, 0.15) is 58.1 Å². The van der Waals surface area contributed by atoms with Gasteiger partial charge in [-0.2, -0.15) is 5.10 Å². The van der Waals surface area contributed by atoms with Crippen LogP contribution in [0.3, 0.4) is 0 Å². The Hall–Kier alpha value is -2.76. The maximum absolute atomic E-state index is 12.7. The Morgan fingerprint density at radius 3 is 2.26 bits per heavy atom. The van der Waals surface area contributed by atoms with Crippen molar-refractivity contribution >= 4 is 38.8 Å². The summed E-state index contributed by atoms with van der Waals surface area (Å²) in [5.41, 5.74) is 1.19. The Morgan fingerprint density at radius 1 is 1.05 bits per heavy atom. The van der Waals surface area contributed by atoms with Crippen LogP contribution in [0.2, 0.25) is 0 Å². The number of ether oxygens (including phenoxy) is 1. The summed E-state index contributed by atoms with van der Waals surface area (Å²) >= 11 is 0. The highest BCUT2D eigenvalue weighted by Crippen LogP contribution is 2.31. The lowest BCUT2D eigenvalue weighted by Gasteiger charge is -2.32. The lowest BCUT2D eigenvalue weighted by atomic mass is 9.95. The number of carbonyl (C=O) groups excluding carboxylic acids is 1. The van der Waals surface area contributed by atoms with Gasteiger partial charge in [-0.3, -0.25) is 24.1 Å². The smallest absolute Gasteiger partial charge is 0.320 e. The van der Waals surface area contributed by atoms with Crippen LogP contribution < -0.4 is 0 Å². The minimum atomic E-state index is -3.54. The van der Waals surface area contributed by atoms with Gasteiger partial charge in [0.1, 0.15) is 5.60 Å². The van der Waals surface area contributed by atoms with Gasteiger partial charge in [-0.25, -0.2) is 8.42 Å². The number of likely N-dealkylation sites (tertiary alicyclic amines) is 2. The second-order valence-electron chi connectivity index (χ2n) is 11.8. The molecule has 0 atom stereocenters. The molecule has 214 valence electrons. The van der Waals surface area contributed by atoms with Crippen LogP contribution in [-0.2, 0) is 24.2 Å². The highest BCUT2D eigenvalue weighted by molar-refractivity contribution is 7.90. The fraction of sp³-hybridized carbons (Fsp3) is 0.607. The number of hydrogen-bond acceptors (Lipinski definition) is 8. The highest BCUT2D eigenvalue weighted by atomic mass is 32.2. The number of carboxylic acids is 1. The van der Waals surface area contributed by atoms with E-state index in [1.807, 2.05) is 54.6 Å². The fourth-order valence-corrected chi connectivity index (χ4v) is 6.21. The molecule has 0 aliphatic carbocycles. The average molecular weight is 561 g/mol. The lowest BCUT2D eigenvalue weighted by molar-refractivity contribution is -0.156. The Balaban J connectivity index is 1.46. The maximum atomic E-state index is 12.7. The molecule has 39 heavy (non-hydrogen) atoms. The highest BCUT2D eigenvalue weighted by Gasteiger charge is 2.28. The second-order valence-corrected chi connectivity index (χ2v) is 13.7. The number of aliphatic carboxylic acids is 1. The molecule has 1 aromatic heterocycles. The summed E-state index contributed by atoms with van der Waals surface area (Å²) in [7, 11) is -3.54. The summed E-state index contributed by atoms with van der Waals surface area (Å²) in [6, 6.07) is 5.86. The van der Waals surface area contributed by atoms with E-state index in [1.54, 1.807) is 0 Å². The number of fused-ring (bicyclic) bond motifs is 1. The Bertz CT molecular complexity index is 1330. The summed E-state index contributed by atoms with van der Waals surface area (Å²) in [4.78, 5) is 27.2. The van der Waals surface area contributed by atoms with Gasteiger partial charge in [0, 0.05) is 24.7 Å². The molecule has 0 spiro atoms. The third-order valence-electron chi connectivity index (χ3n) is 7.28. The van der Waals surface area contributed by atoms with E-state index in [0.717, 1.165) is 49.9 Å². The first-order valence-electron chi connectivity index (χ1n) is 13.6. The molecule has 0 amide bonds. The molecule has 2 saturated heterocycles. The number of rotatable bonds is 8. The lowest BCUT2D eigenvalue weighted by Crippen LogP contribution is -2.40. The Kier molecular flexibility index (Phi) is 8.82. The molecule has 1 N–H and O–H groups in total. The third kappa shape index (κ3) is 7.89. The van der Waals surface area contributed by atoms with Crippen LogP contribution in [0.15, 0.2) is 29.3 Å². The number of aromatic nitrogens is 2. The molecule has 11 heteroatoms. The van der Waals surface area contributed by atoms with Gasteiger partial charge in [-0.15, -0.1) is 0 Å². The second kappa shape index (κ2) is 11.8. The van der Waals surface area contributed by atoms with Crippen molar-refractivity contribution in [2.75, 3.05) is 45.5 Å². The number of carboxylic acid groups (broad SMARTS) is 1. The van der Waals surface area contributed by atoms with E-state index in [2.05, 4.69) is 16.1 Å². The average Bonchev–Trinajstić information content (AvgIpc) is 3.22. The number of sulfone groups is 1. The number of carbonyl (C=O) groups is 2. The van der Waals surface area contributed by atoms with Crippen LogP contribution in [0, 0.1) is 5.92 Å². The van der Waals surface area contributed by atoms with Crippen molar-refractivity contribution in [2.24, 2.45) is 5.92 Å². The van der Waals surface area contributed by atoms with Gasteiger partial charge < -0.3 is 9.84 Å². The van der Waals surface area contributed by atoms with Gasteiger partial charge in [-0.05, 0) is 83.2 Å². The van der Waals surface area contributed by atoms with E-state index in [0.29, 0.717) is 24.4 Å². The number of benzene rings is 1. The van der Waals surface area contributed by atoms with Crippen molar-refractivity contribution in [3.05, 3.63) is 29.8 Å². The van der Waals surface area contributed by atoms with Crippen molar-refractivity contribution in [1.29, 1.82) is 0 Å². The molecule has 2 aromatic rings. The van der Waals surface area contributed by atoms with E-state index in [1.165, 1.54) is 6.26 Å². The number of piperidine rings is 2. The summed E-state index contributed by atoms with van der Waals surface area (Å²) in [5, 5.41) is 14.3. The van der Waals surface area contributed by atoms with Gasteiger partial charge in [0.2, 0.25) is 0 Å². The Morgan fingerprint density at radius 2 is 1.67 bits per heavy atom. The number of allylic oxidation sites excluding steroid dienone is 1. The molecule has 0 radical (unpaired) electrons. The third-order valence-corrected chi connectivity index (χ3v) is 8.28. The summed E-state index contributed by atoms with van der Waals surface area (Å²) < 4.78 is 32.6. The van der Waals surface area contributed by atoms with Gasteiger partial charge in [0.25, 0.3) is 0 Å². The summed E-state index contributed by atoms with van der Waals surface area (Å²) in [6.45, 7) is 8.79. The van der Waals surface area contributed by atoms with Gasteiger partial charge in [0.05, 0.1) is 24.6 Å². The van der Waals surface area contributed by atoms with Crippen LogP contribution >= 0.6 is 0 Å². The minimum Gasteiger partial charge on any atom is -0.480 e. The number of nitrogens with zero attached hydrogens (tertiary/aromatic N) is 4. The minimum absolute atomic E-state index is 0.0373. The summed E-state index contributed by atoms with van der Waals surface area (Å²) in [6.07, 6.45) is 8.65. The van der Waals surface area contributed by atoms with Crippen molar-refractivity contribution < 1.29 is 27.9 Å². The van der Waals surface area contributed by atoms with E-state index < -0.39 is 21.4 Å². The molecule has 4 rings (SSSR count). The predicted molar refractivity (Wildman–Crippen MR) is 149 cm³/mol. The number of esters is 1. The van der Waals surface area contributed by atoms with Crippen molar-refractivity contribution in [3.63, 3.8) is 0 Å². The zero-order chi connectivity index (χ0) is 28.4. The molecule has 10 nitrogen and oxygen atoms in total. The van der Waals surface area contributed by atoms with E-state index >= 15 is 0 Å². The van der Waals surface area contributed by atoms with Crippen LogP contribution in [-0.4, -0.2) is 96.2 Å². The summed E-state index contributed by atoms with van der Waals surface area (Å²) in [5.74, 6) is -0.684. The molecule has 2 aliphatic heterocycles. The molecule has 2 aliphatic rings. The Labute approximate surface area is 230 Å². The quantitative estimate of drug-likeness (QED) is 0.485. The van der Waals surface area contributed by atoms with Gasteiger partial charge in [0.15, 0.2) is 14.9 Å². The standard InChI is InChI=1S/C28H40N4O6S/c1-28(2,3)38-26(35)19-31-15-11-22(12-16-31)32-24-8-7-21(17-23(24)27(29-32)39(4,36)37)6-5-20-9-13-30(14-10-20)18-25(33)34/h5-8,17,20,22H,9-16,18-19H2,1-4H3,(H,33,34)/b6-5+. The molecule has 0 unspecified atom stereocenters. The first kappa shape index (κ1) is 29.2. The molecule has 3 heterocycles. The largest absolute Gasteiger partial charge is 0.480 e. The molecule has 1 aromatic carbocycles. The molecule has 2 fully saturated rings.